The molecule has 2 N–H and O–H groups in total. The smallest absolute Gasteiger partial charge is 0.0434 e. The molecule has 2 heteroatoms. The topological polar surface area (TPSA) is 32.3 Å². The van der Waals surface area contributed by atoms with Crippen molar-refractivity contribution in [3.63, 3.8) is 0 Å². The molecule has 0 atom stereocenters. The Morgan fingerprint density at radius 3 is 3.07 bits per heavy atom. The maximum absolute atomic E-state index is 8.80. The van der Waals surface area contributed by atoms with E-state index in [2.05, 4.69) is 23.5 Å². The van der Waals surface area contributed by atoms with Gasteiger partial charge < -0.3 is 10.4 Å². The summed E-state index contributed by atoms with van der Waals surface area (Å²) >= 11 is 0. The van der Waals surface area contributed by atoms with Crippen LogP contribution in [-0.2, 0) is 12.8 Å². The van der Waals surface area contributed by atoms with Crippen molar-refractivity contribution in [2.24, 2.45) is 0 Å². The maximum atomic E-state index is 8.80. The van der Waals surface area contributed by atoms with Gasteiger partial charge in [-0.15, -0.1) is 0 Å². The average Bonchev–Trinajstić information content (AvgIpc) is 2.50. The molecule has 1 aliphatic heterocycles. The van der Waals surface area contributed by atoms with Crippen molar-refractivity contribution in [1.82, 2.24) is 0 Å². The number of hydrogen-bond donors (Lipinski definition) is 2. The SMILES string of the molecule is OCCCc1ccc2c(c1)CCCCN2. The Labute approximate surface area is 91.3 Å². The zero-order valence-electron chi connectivity index (χ0n) is 9.13. The molecule has 0 aliphatic carbocycles. The second-order valence-corrected chi connectivity index (χ2v) is 4.20. The van der Waals surface area contributed by atoms with Gasteiger partial charge in [-0.3, -0.25) is 0 Å². The average molecular weight is 205 g/mol. The second-order valence-electron chi connectivity index (χ2n) is 4.20. The Morgan fingerprint density at radius 1 is 1.27 bits per heavy atom. The molecule has 2 rings (SSSR count). The first-order valence-electron chi connectivity index (χ1n) is 5.86. The molecule has 0 saturated carbocycles. The minimum Gasteiger partial charge on any atom is -0.396 e. The molecule has 0 spiro atoms. The van der Waals surface area contributed by atoms with Crippen LogP contribution in [0.2, 0.25) is 0 Å². The van der Waals surface area contributed by atoms with Gasteiger partial charge in [-0.05, 0) is 49.3 Å². The largest absolute Gasteiger partial charge is 0.396 e. The van der Waals surface area contributed by atoms with Crippen molar-refractivity contribution in [2.75, 3.05) is 18.5 Å². The first-order chi connectivity index (χ1) is 7.40. The van der Waals surface area contributed by atoms with Crippen LogP contribution in [0.1, 0.15) is 30.4 Å². The number of aliphatic hydroxyl groups is 1. The van der Waals surface area contributed by atoms with Gasteiger partial charge in [0, 0.05) is 18.8 Å². The van der Waals surface area contributed by atoms with Crippen molar-refractivity contribution in [3.8, 4) is 0 Å². The Morgan fingerprint density at radius 2 is 2.20 bits per heavy atom. The molecule has 1 aromatic carbocycles. The number of benzene rings is 1. The van der Waals surface area contributed by atoms with E-state index >= 15 is 0 Å². The molecule has 0 unspecified atom stereocenters. The number of fused-ring (bicyclic) bond motifs is 1. The third-order valence-electron chi connectivity index (χ3n) is 2.98. The molecular formula is C13H19NO. The predicted molar refractivity (Wildman–Crippen MR) is 63.3 cm³/mol. The lowest BCUT2D eigenvalue weighted by Crippen LogP contribution is -2.00. The monoisotopic (exact) mass is 205 g/mol. The number of hydrogen-bond acceptors (Lipinski definition) is 2. The van der Waals surface area contributed by atoms with Crippen LogP contribution < -0.4 is 5.32 Å². The summed E-state index contributed by atoms with van der Waals surface area (Å²) in [5.74, 6) is 0. The number of nitrogens with one attached hydrogen (secondary N) is 1. The van der Waals surface area contributed by atoms with E-state index in [1.54, 1.807) is 0 Å². The lowest BCUT2D eigenvalue weighted by atomic mass is 10.0. The van der Waals surface area contributed by atoms with E-state index in [-0.39, 0.29) is 6.61 Å². The summed E-state index contributed by atoms with van der Waals surface area (Å²) in [6.07, 6.45) is 5.59. The highest BCUT2D eigenvalue weighted by Crippen LogP contribution is 2.23. The van der Waals surface area contributed by atoms with Crippen LogP contribution in [0.3, 0.4) is 0 Å². The lowest BCUT2D eigenvalue weighted by molar-refractivity contribution is 0.288. The number of rotatable bonds is 3. The second kappa shape index (κ2) is 5.17. The molecule has 0 saturated heterocycles. The fourth-order valence-electron chi connectivity index (χ4n) is 2.13. The zero-order chi connectivity index (χ0) is 10.5. The predicted octanol–water partition coefficient (Wildman–Crippen LogP) is 2.36. The summed E-state index contributed by atoms with van der Waals surface area (Å²) in [6, 6.07) is 6.66. The first kappa shape index (κ1) is 10.5. The molecule has 15 heavy (non-hydrogen) atoms. The van der Waals surface area contributed by atoms with Gasteiger partial charge in [-0.1, -0.05) is 12.1 Å². The van der Waals surface area contributed by atoms with Crippen LogP contribution >= 0.6 is 0 Å². The minimum atomic E-state index is 0.287. The molecule has 82 valence electrons. The normalized spacial score (nSPS) is 15.3. The van der Waals surface area contributed by atoms with E-state index in [0.29, 0.717) is 0 Å². The van der Waals surface area contributed by atoms with Gasteiger partial charge in [-0.2, -0.15) is 0 Å². The zero-order valence-corrected chi connectivity index (χ0v) is 9.13. The van der Waals surface area contributed by atoms with Gasteiger partial charge in [0.25, 0.3) is 0 Å². The highest BCUT2D eigenvalue weighted by Gasteiger charge is 2.07. The standard InChI is InChI=1S/C13H19NO/c15-9-3-4-11-6-7-13-12(10-11)5-1-2-8-14-13/h6-7,10,14-15H,1-5,8-9H2. The molecule has 0 bridgehead atoms. The summed E-state index contributed by atoms with van der Waals surface area (Å²) in [6.45, 7) is 1.39. The molecule has 0 fully saturated rings. The highest BCUT2D eigenvalue weighted by atomic mass is 16.2. The van der Waals surface area contributed by atoms with Crippen molar-refractivity contribution < 1.29 is 5.11 Å². The molecule has 1 heterocycles. The molecule has 2 nitrogen and oxygen atoms in total. The van der Waals surface area contributed by atoms with Gasteiger partial charge in [0.2, 0.25) is 0 Å². The third kappa shape index (κ3) is 2.72. The summed E-state index contributed by atoms with van der Waals surface area (Å²) < 4.78 is 0. The van der Waals surface area contributed by atoms with Crippen LogP contribution in [0, 0.1) is 0 Å². The van der Waals surface area contributed by atoms with Crippen LogP contribution in [0.4, 0.5) is 5.69 Å². The van der Waals surface area contributed by atoms with Crippen LogP contribution in [0.5, 0.6) is 0 Å². The Kier molecular flexibility index (Phi) is 3.62. The Hall–Kier alpha value is -1.02. The van der Waals surface area contributed by atoms with E-state index < -0.39 is 0 Å². The quantitative estimate of drug-likeness (QED) is 0.794. The first-order valence-corrected chi connectivity index (χ1v) is 5.86. The van der Waals surface area contributed by atoms with E-state index in [4.69, 9.17) is 5.11 Å². The molecule has 0 amide bonds. The van der Waals surface area contributed by atoms with Gasteiger partial charge in [0.15, 0.2) is 0 Å². The van der Waals surface area contributed by atoms with Crippen molar-refractivity contribution in [3.05, 3.63) is 29.3 Å². The van der Waals surface area contributed by atoms with Crippen LogP contribution in [0.15, 0.2) is 18.2 Å². The Bertz CT molecular complexity index is 322. The summed E-state index contributed by atoms with van der Waals surface area (Å²) in [4.78, 5) is 0. The fourth-order valence-corrected chi connectivity index (χ4v) is 2.13. The van der Waals surface area contributed by atoms with E-state index in [1.807, 2.05) is 0 Å². The molecule has 0 aromatic heterocycles. The molecule has 1 aromatic rings. The van der Waals surface area contributed by atoms with Crippen LogP contribution in [-0.4, -0.2) is 18.3 Å². The lowest BCUT2D eigenvalue weighted by Gasteiger charge is -2.09. The van der Waals surface area contributed by atoms with Gasteiger partial charge in [0.05, 0.1) is 0 Å². The maximum Gasteiger partial charge on any atom is 0.0434 e. The number of aryl methyl sites for hydroxylation is 2. The molecular weight excluding hydrogens is 186 g/mol. The van der Waals surface area contributed by atoms with Crippen LogP contribution in [0.25, 0.3) is 0 Å². The number of anilines is 1. The van der Waals surface area contributed by atoms with Gasteiger partial charge in [-0.25, -0.2) is 0 Å². The van der Waals surface area contributed by atoms with Crippen molar-refractivity contribution in [1.29, 1.82) is 0 Å². The van der Waals surface area contributed by atoms with E-state index in [0.717, 1.165) is 19.4 Å². The minimum absolute atomic E-state index is 0.287. The van der Waals surface area contributed by atoms with Gasteiger partial charge in [0.1, 0.15) is 0 Å². The number of aliphatic hydroxyl groups excluding tert-OH is 1. The molecule has 0 radical (unpaired) electrons. The molecule has 1 aliphatic rings. The summed E-state index contributed by atoms with van der Waals surface area (Å²) in [5.41, 5.74) is 4.11. The van der Waals surface area contributed by atoms with Crippen molar-refractivity contribution >= 4 is 5.69 Å². The third-order valence-corrected chi connectivity index (χ3v) is 2.98. The summed E-state index contributed by atoms with van der Waals surface area (Å²) in [7, 11) is 0. The summed E-state index contributed by atoms with van der Waals surface area (Å²) in [5, 5.41) is 12.3. The highest BCUT2D eigenvalue weighted by molar-refractivity contribution is 5.53. The van der Waals surface area contributed by atoms with Gasteiger partial charge >= 0.3 is 0 Å². The van der Waals surface area contributed by atoms with E-state index in [9.17, 15) is 0 Å². The fraction of sp³-hybridized carbons (Fsp3) is 0.538. The Balaban J connectivity index is 2.13. The van der Waals surface area contributed by atoms with E-state index in [1.165, 1.54) is 36.1 Å². The van der Waals surface area contributed by atoms with Crippen molar-refractivity contribution in [2.45, 2.75) is 32.1 Å².